The van der Waals surface area contributed by atoms with E-state index < -0.39 is 18.5 Å². The molecule has 0 fully saturated rings. The van der Waals surface area contributed by atoms with Gasteiger partial charge >= 0.3 is 13.6 Å². The van der Waals surface area contributed by atoms with E-state index in [1.807, 2.05) is 0 Å². The van der Waals surface area contributed by atoms with Crippen molar-refractivity contribution in [3.05, 3.63) is 34.4 Å². The number of carbonyl (C=O) groups is 1. The molecule has 2 N–H and O–H groups in total. The van der Waals surface area contributed by atoms with E-state index in [9.17, 15) is 24.4 Å². The smallest absolute Gasteiger partial charge is 0.376 e. The van der Waals surface area contributed by atoms with Crippen LogP contribution in [0.4, 0.5) is 5.69 Å². The second kappa shape index (κ2) is 7.75. The molecule has 0 saturated carbocycles. The minimum Gasteiger partial charge on any atom is -0.481 e. The highest BCUT2D eigenvalue weighted by molar-refractivity contribution is 7.53. The van der Waals surface area contributed by atoms with Crippen molar-refractivity contribution in [1.29, 1.82) is 0 Å². The van der Waals surface area contributed by atoms with E-state index in [0.29, 0.717) is 19.3 Å². The Labute approximate surface area is 121 Å². The fourth-order valence-electron chi connectivity index (χ4n) is 1.60. The lowest BCUT2D eigenvalue weighted by atomic mass is 10.2. The second-order valence-corrected chi connectivity index (χ2v) is 6.31. The van der Waals surface area contributed by atoms with Gasteiger partial charge in [0, 0.05) is 18.6 Å². The molecule has 0 heterocycles. The molecule has 0 radical (unpaired) electrons. The maximum Gasteiger partial charge on any atom is 0.376 e. The van der Waals surface area contributed by atoms with Crippen LogP contribution in [0.1, 0.15) is 25.7 Å². The second-order valence-electron chi connectivity index (χ2n) is 4.41. The van der Waals surface area contributed by atoms with E-state index in [0.717, 1.165) is 0 Å². The van der Waals surface area contributed by atoms with Gasteiger partial charge in [-0.25, -0.2) is 4.57 Å². The lowest BCUT2D eigenvalue weighted by molar-refractivity contribution is -0.384. The Kier molecular flexibility index (Phi) is 6.33. The van der Waals surface area contributed by atoms with Gasteiger partial charge in [0.1, 0.15) is 5.75 Å². The van der Waals surface area contributed by atoms with E-state index in [2.05, 4.69) is 0 Å². The summed E-state index contributed by atoms with van der Waals surface area (Å²) in [5.41, 5.74) is -0.135. The molecule has 1 aromatic rings. The van der Waals surface area contributed by atoms with Gasteiger partial charge in [-0.3, -0.25) is 14.9 Å². The summed E-state index contributed by atoms with van der Waals surface area (Å²) in [5, 5.41) is 18.9. The topological polar surface area (TPSA) is 127 Å². The Bertz CT molecular complexity index is 543. The molecular formula is C12H16NO7P. The quantitative estimate of drug-likeness (QED) is 0.310. The zero-order chi connectivity index (χ0) is 15.9. The summed E-state index contributed by atoms with van der Waals surface area (Å²) < 4.78 is 16.7. The van der Waals surface area contributed by atoms with Gasteiger partial charge in [0.2, 0.25) is 0 Å². The number of hydrogen-bond donors (Lipinski definition) is 2. The summed E-state index contributed by atoms with van der Waals surface area (Å²) in [6.45, 7) is 0. The van der Waals surface area contributed by atoms with E-state index in [1.54, 1.807) is 0 Å². The third-order valence-corrected chi connectivity index (χ3v) is 4.00. The molecule has 116 valence electrons. The highest BCUT2D eigenvalue weighted by atomic mass is 31.2. The molecule has 1 rings (SSSR count). The number of hydrogen-bond acceptors (Lipinski definition) is 5. The van der Waals surface area contributed by atoms with Crippen molar-refractivity contribution >= 4 is 19.3 Å². The van der Waals surface area contributed by atoms with Crippen LogP contribution in [0.5, 0.6) is 5.75 Å². The zero-order valence-electron chi connectivity index (χ0n) is 11.2. The number of non-ortho nitro benzene ring substituents is 1. The molecule has 0 spiro atoms. The molecule has 0 aliphatic heterocycles. The zero-order valence-corrected chi connectivity index (χ0v) is 12.1. The fourth-order valence-corrected chi connectivity index (χ4v) is 2.77. The minimum atomic E-state index is -3.83. The summed E-state index contributed by atoms with van der Waals surface area (Å²) in [7, 11) is -3.83. The molecule has 1 unspecified atom stereocenters. The molecule has 1 atom stereocenters. The van der Waals surface area contributed by atoms with Gasteiger partial charge < -0.3 is 14.5 Å². The van der Waals surface area contributed by atoms with Gasteiger partial charge in [-0.05, 0) is 25.0 Å². The maximum absolute atomic E-state index is 11.8. The van der Waals surface area contributed by atoms with Crippen LogP contribution >= 0.6 is 7.60 Å². The summed E-state index contributed by atoms with van der Waals surface area (Å²) in [4.78, 5) is 29.8. The molecule has 0 aromatic heterocycles. The summed E-state index contributed by atoms with van der Waals surface area (Å²) >= 11 is 0. The van der Waals surface area contributed by atoms with E-state index >= 15 is 0 Å². The molecule has 21 heavy (non-hydrogen) atoms. The van der Waals surface area contributed by atoms with Crippen LogP contribution in [0.2, 0.25) is 0 Å². The highest BCUT2D eigenvalue weighted by Gasteiger charge is 2.20. The normalized spacial score (nSPS) is 13.4. The monoisotopic (exact) mass is 317 g/mol. The van der Waals surface area contributed by atoms with Crippen LogP contribution in [0, 0.1) is 10.1 Å². The first kappa shape index (κ1) is 17.1. The largest absolute Gasteiger partial charge is 0.481 e. The van der Waals surface area contributed by atoms with Crippen molar-refractivity contribution in [2.24, 2.45) is 0 Å². The molecular weight excluding hydrogens is 301 g/mol. The van der Waals surface area contributed by atoms with Gasteiger partial charge in [-0.1, -0.05) is 6.42 Å². The first-order chi connectivity index (χ1) is 9.80. The first-order valence-corrected chi connectivity index (χ1v) is 8.04. The van der Waals surface area contributed by atoms with Crippen LogP contribution in [0.15, 0.2) is 24.3 Å². The molecule has 0 aliphatic carbocycles. The predicted octanol–water partition coefficient (Wildman–Crippen LogP) is 2.80. The fraction of sp³-hybridized carbons (Fsp3) is 0.417. The van der Waals surface area contributed by atoms with E-state index in [4.69, 9.17) is 9.63 Å². The van der Waals surface area contributed by atoms with Crippen molar-refractivity contribution in [3.8, 4) is 5.75 Å². The lowest BCUT2D eigenvalue weighted by Crippen LogP contribution is -1.99. The molecule has 0 bridgehead atoms. The van der Waals surface area contributed by atoms with Gasteiger partial charge in [-0.2, -0.15) is 0 Å². The van der Waals surface area contributed by atoms with Gasteiger partial charge in [0.15, 0.2) is 0 Å². The molecule has 1 aromatic carbocycles. The molecule has 0 aliphatic rings. The number of rotatable bonds is 9. The van der Waals surface area contributed by atoms with Crippen molar-refractivity contribution in [1.82, 2.24) is 0 Å². The average molecular weight is 317 g/mol. The van der Waals surface area contributed by atoms with Crippen molar-refractivity contribution in [3.63, 3.8) is 0 Å². The van der Waals surface area contributed by atoms with Crippen molar-refractivity contribution in [2.45, 2.75) is 25.7 Å². The van der Waals surface area contributed by atoms with Gasteiger partial charge in [-0.15, -0.1) is 0 Å². The average Bonchev–Trinajstić information content (AvgIpc) is 2.38. The summed E-state index contributed by atoms with van der Waals surface area (Å²) in [6.07, 6.45) is 1.25. The van der Waals surface area contributed by atoms with E-state index in [1.165, 1.54) is 24.3 Å². The first-order valence-electron chi connectivity index (χ1n) is 6.28. The minimum absolute atomic E-state index is 0.0267. The standard InChI is InChI=1S/C12H16NO7P/c14-12(15)4-2-1-3-9-21(18,19)20-11-7-5-10(6-8-11)13(16)17/h5-8H,1-4,9H2,(H,14,15)(H,18,19). The third kappa shape index (κ3) is 6.87. The van der Waals surface area contributed by atoms with E-state index in [-0.39, 0.29) is 24.0 Å². The SMILES string of the molecule is O=C(O)CCCCCP(=O)(O)Oc1ccc([N+](=O)[O-])cc1. The lowest BCUT2D eigenvalue weighted by Gasteiger charge is -2.13. The van der Waals surface area contributed by atoms with Crippen LogP contribution in [0.25, 0.3) is 0 Å². The van der Waals surface area contributed by atoms with Crippen LogP contribution in [-0.4, -0.2) is 27.1 Å². The number of unbranched alkanes of at least 4 members (excludes halogenated alkanes) is 2. The number of nitro benzene ring substituents is 1. The highest BCUT2D eigenvalue weighted by Crippen LogP contribution is 2.43. The molecule has 8 nitrogen and oxygen atoms in total. The Morgan fingerprint density at radius 1 is 1.24 bits per heavy atom. The van der Waals surface area contributed by atoms with Crippen LogP contribution in [0.3, 0.4) is 0 Å². The number of benzene rings is 1. The Balaban J connectivity index is 2.42. The van der Waals surface area contributed by atoms with Crippen LogP contribution < -0.4 is 4.52 Å². The number of nitro groups is 1. The number of aliphatic carboxylic acids is 1. The predicted molar refractivity (Wildman–Crippen MR) is 74.5 cm³/mol. The summed E-state index contributed by atoms with van der Waals surface area (Å²) in [5.74, 6) is -0.818. The Hall–Kier alpha value is -1.92. The Morgan fingerprint density at radius 2 is 1.86 bits per heavy atom. The number of nitrogens with zero attached hydrogens (tertiary/aromatic N) is 1. The number of carboxylic acids is 1. The maximum atomic E-state index is 11.8. The molecule has 0 saturated heterocycles. The Morgan fingerprint density at radius 3 is 2.38 bits per heavy atom. The van der Waals surface area contributed by atoms with Gasteiger partial charge in [0.05, 0.1) is 11.1 Å². The third-order valence-electron chi connectivity index (χ3n) is 2.63. The van der Waals surface area contributed by atoms with Gasteiger partial charge in [0.25, 0.3) is 5.69 Å². The molecule has 9 heteroatoms. The number of carboxylic acid groups (broad SMARTS) is 1. The van der Waals surface area contributed by atoms with Crippen LogP contribution in [-0.2, 0) is 9.36 Å². The van der Waals surface area contributed by atoms with Crippen molar-refractivity contribution < 1.29 is 28.8 Å². The molecule has 0 amide bonds. The summed E-state index contributed by atoms with van der Waals surface area (Å²) in [6, 6.07) is 4.88. The van der Waals surface area contributed by atoms with Crippen molar-refractivity contribution in [2.75, 3.05) is 6.16 Å².